The van der Waals surface area contributed by atoms with E-state index in [2.05, 4.69) is 38.6 Å². The monoisotopic (exact) mass is 344 g/mol. The van der Waals surface area contributed by atoms with Gasteiger partial charge in [-0.3, -0.25) is 4.90 Å². The fourth-order valence-electron chi connectivity index (χ4n) is 3.15. The molecule has 1 aliphatic heterocycles. The Morgan fingerprint density at radius 3 is 2.72 bits per heavy atom. The van der Waals surface area contributed by atoms with Gasteiger partial charge < -0.3 is 14.9 Å². The Morgan fingerprint density at radius 2 is 2.04 bits per heavy atom. The normalized spacial score (nSPS) is 16.5. The van der Waals surface area contributed by atoms with Crippen molar-refractivity contribution in [2.45, 2.75) is 45.7 Å². The van der Waals surface area contributed by atoms with Crippen LogP contribution in [-0.2, 0) is 13.1 Å². The van der Waals surface area contributed by atoms with E-state index in [1.165, 1.54) is 5.56 Å². The van der Waals surface area contributed by atoms with Crippen LogP contribution in [0.5, 0.6) is 0 Å². The fourth-order valence-corrected chi connectivity index (χ4v) is 3.15. The van der Waals surface area contributed by atoms with Gasteiger partial charge in [0.05, 0.1) is 6.54 Å². The number of likely N-dealkylation sites (tertiary alicyclic amines) is 1. The van der Waals surface area contributed by atoms with E-state index < -0.39 is 0 Å². The van der Waals surface area contributed by atoms with Crippen molar-refractivity contribution in [1.29, 1.82) is 0 Å². The van der Waals surface area contributed by atoms with E-state index in [1.807, 2.05) is 19.9 Å². The highest BCUT2D eigenvalue weighted by Crippen LogP contribution is 2.22. The van der Waals surface area contributed by atoms with Crippen molar-refractivity contribution in [3.63, 3.8) is 0 Å². The van der Waals surface area contributed by atoms with E-state index >= 15 is 0 Å². The first kappa shape index (κ1) is 17.9. The van der Waals surface area contributed by atoms with Crippen molar-refractivity contribution in [1.82, 2.24) is 15.0 Å². The number of hydrogen-bond acceptors (Lipinski definition) is 6. The second-order valence-electron chi connectivity index (χ2n) is 7.12. The standard InChI is InChI=1S/C19H28N4O2/c1-14(2)19-21-18(22-25-19)11-20-17-6-4-3-5-16(17)12-23-9-7-15(13-24)8-10-23/h3-6,14-15,20,24H,7-13H2,1-2H3. The topological polar surface area (TPSA) is 74.4 Å². The molecule has 0 unspecified atom stereocenters. The van der Waals surface area contributed by atoms with Crippen LogP contribution in [0, 0.1) is 5.92 Å². The van der Waals surface area contributed by atoms with E-state index in [0.717, 1.165) is 38.2 Å². The molecular formula is C19H28N4O2. The predicted octanol–water partition coefficient (Wildman–Crippen LogP) is 3.01. The molecule has 25 heavy (non-hydrogen) atoms. The number of piperidine rings is 1. The molecule has 0 radical (unpaired) electrons. The number of anilines is 1. The van der Waals surface area contributed by atoms with Crippen molar-refractivity contribution in [2.75, 3.05) is 25.0 Å². The molecule has 1 aromatic heterocycles. The Morgan fingerprint density at radius 1 is 1.28 bits per heavy atom. The zero-order valence-electron chi connectivity index (χ0n) is 15.1. The zero-order chi connectivity index (χ0) is 17.6. The molecule has 0 saturated carbocycles. The summed E-state index contributed by atoms with van der Waals surface area (Å²) in [5.74, 6) is 2.08. The summed E-state index contributed by atoms with van der Waals surface area (Å²) in [6.45, 7) is 7.96. The summed E-state index contributed by atoms with van der Waals surface area (Å²) in [7, 11) is 0. The molecule has 136 valence electrons. The van der Waals surface area contributed by atoms with Crippen LogP contribution in [0.1, 0.15) is 49.9 Å². The summed E-state index contributed by atoms with van der Waals surface area (Å²) >= 11 is 0. The summed E-state index contributed by atoms with van der Waals surface area (Å²) in [6, 6.07) is 8.38. The van der Waals surface area contributed by atoms with Crippen LogP contribution in [-0.4, -0.2) is 39.8 Å². The molecule has 3 rings (SSSR count). The molecule has 1 fully saturated rings. The molecule has 2 N–H and O–H groups in total. The zero-order valence-corrected chi connectivity index (χ0v) is 15.1. The van der Waals surface area contributed by atoms with Crippen molar-refractivity contribution in [3.8, 4) is 0 Å². The lowest BCUT2D eigenvalue weighted by molar-refractivity contribution is 0.127. The highest BCUT2D eigenvalue weighted by Gasteiger charge is 2.19. The molecule has 1 aromatic carbocycles. The maximum absolute atomic E-state index is 9.28. The number of hydrogen-bond donors (Lipinski definition) is 2. The summed E-state index contributed by atoms with van der Waals surface area (Å²) in [4.78, 5) is 6.87. The van der Waals surface area contributed by atoms with Gasteiger partial charge in [-0.25, -0.2) is 0 Å². The Labute approximate surface area is 149 Å². The molecule has 0 spiro atoms. The van der Waals surface area contributed by atoms with Crippen LogP contribution in [0.3, 0.4) is 0 Å². The molecule has 2 heterocycles. The lowest BCUT2D eigenvalue weighted by Gasteiger charge is -2.31. The smallest absolute Gasteiger partial charge is 0.229 e. The molecule has 0 amide bonds. The van der Waals surface area contributed by atoms with Gasteiger partial charge in [-0.15, -0.1) is 0 Å². The molecule has 0 atom stereocenters. The Balaban J connectivity index is 1.59. The van der Waals surface area contributed by atoms with Crippen molar-refractivity contribution >= 4 is 5.69 Å². The predicted molar refractivity (Wildman–Crippen MR) is 97.2 cm³/mol. The van der Waals surface area contributed by atoms with Gasteiger partial charge in [-0.1, -0.05) is 37.2 Å². The molecular weight excluding hydrogens is 316 g/mol. The number of nitrogens with one attached hydrogen (secondary N) is 1. The third kappa shape index (κ3) is 4.80. The minimum absolute atomic E-state index is 0.246. The van der Waals surface area contributed by atoms with Crippen LogP contribution in [0.4, 0.5) is 5.69 Å². The van der Waals surface area contributed by atoms with Crippen LogP contribution in [0.15, 0.2) is 28.8 Å². The molecule has 0 bridgehead atoms. The Kier molecular flexibility index (Phi) is 6.04. The first-order chi connectivity index (χ1) is 12.2. The fraction of sp³-hybridized carbons (Fsp3) is 0.579. The maximum atomic E-state index is 9.28. The largest absolute Gasteiger partial charge is 0.396 e. The summed E-state index contributed by atoms with van der Waals surface area (Å²) in [5.41, 5.74) is 2.39. The number of aromatic nitrogens is 2. The number of aliphatic hydroxyl groups excluding tert-OH is 1. The van der Waals surface area contributed by atoms with Gasteiger partial charge in [-0.05, 0) is 43.5 Å². The van der Waals surface area contributed by atoms with Crippen molar-refractivity contribution in [2.24, 2.45) is 5.92 Å². The van der Waals surface area contributed by atoms with E-state index in [0.29, 0.717) is 30.8 Å². The van der Waals surface area contributed by atoms with Crippen LogP contribution < -0.4 is 5.32 Å². The molecule has 0 aliphatic carbocycles. The molecule has 1 saturated heterocycles. The Hall–Kier alpha value is -1.92. The molecule has 6 nitrogen and oxygen atoms in total. The average molecular weight is 344 g/mol. The average Bonchev–Trinajstić information content (AvgIpc) is 3.11. The quantitative estimate of drug-likeness (QED) is 0.804. The van der Waals surface area contributed by atoms with Gasteiger partial charge in [0.2, 0.25) is 5.89 Å². The van der Waals surface area contributed by atoms with Gasteiger partial charge in [0, 0.05) is 24.8 Å². The van der Waals surface area contributed by atoms with E-state index in [-0.39, 0.29) is 5.92 Å². The van der Waals surface area contributed by atoms with Gasteiger partial charge in [0.15, 0.2) is 5.82 Å². The lowest BCUT2D eigenvalue weighted by atomic mass is 9.97. The molecule has 1 aliphatic rings. The van der Waals surface area contributed by atoms with E-state index in [1.54, 1.807) is 0 Å². The maximum Gasteiger partial charge on any atom is 0.229 e. The third-order valence-corrected chi connectivity index (χ3v) is 4.79. The van der Waals surface area contributed by atoms with Gasteiger partial charge in [-0.2, -0.15) is 4.98 Å². The van der Waals surface area contributed by atoms with Gasteiger partial charge >= 0.3 is 0 Å². The van der Waals surface area contributed by atoms with E-state index in [4.69, 9.17) is 4.52 Å². The number of nitrogens with zero attached hydrogens (tertiary/aromatic N) is 3. The van der Waals surface area contributed by atoms with E-state index in [9.17, 15) is 5.11 Å². The van der Waals surface area contributed by atoms with Crippen molar-refractivity contribution < 1.29 is 9.63 Å². The summed E-state index contributed by atoms with van der Waals surface area (Å²) in [6.07, 6.45) is 2.15. The first-order valence-corrected chi connectivity index (χ1v) is 9.13. The van der Waals surface area contributed by atoms with Crippen molar-refractivity contribution in [3.05, 3.63) is 41.5 Å². The highest BCUT2D eigenvalue weighted by molar-refractivity contribution is 5.51. The highest BCUT2D eigenvalue weighted by atomic mass is 16.5. The lowest BCUT2D eigenvalue weighted by Crippen LogP contribution is -2.34. The second kappa shape index (κ2) is 8.45. The van der Waals surface area contributed by atoms with Gasteiger partial charge in [0.25, 0.3) is 0 Å². The number of para-hydroxylation sites is 1. The second-order valence-corrected chi connectivity index (χ2v) is 7.12. The van der Waals surface area contributed by atoms with Crippen LogP contribution in [0.25, 0.3) is 0 Å². The SMILES string of the molecule is CC(C)c1nc(CNc2ccccc2CN2CCC(CO)CC2)no1. The Bertz CT molecular complexity index is 663. The van der Waals surface area contributed by atoms with Crippen LogP contribution >= 0.6 is 0 Å². The summed E-state index contributed by atoms with van der Waals surface area (Å²) < 4.78 is 5.26. The minimum atomic E-state index is 0.246. The number of rotatable bonds is 7. The number of aliphatic hydroxyl groups is 1. The number of benzene rings is 1. The van der Waals surface area contributed by atoms with Gasteiger partial charge in [0.1, 0.15) is 0 Å². The molecule has 2 aromatic rings. The van der Waals surface area contributed by atoms with Crippen LogP contribution in [0.2, 0.25) is 0 Å². The summed E-state index contributed by atoms with van der Waals surface area (Å²) in [5, 5.41) is 16.7. The minimum Gasteiger partial charge on any atom is -0.396 e. The first-order valence-electron chi connectivity index (χ1n) is 9.13. The molecule has 6 heteroatoms. The third-order valence-electron chi connectivity index (χ3n) is 4.79.